The Balaban J connectivity index is 2.01. The minimum atomic E-state index is -1.76. The highest BCUT2D eigenvalue weighted by atomic mass is 28.4. The monoisotopic (exact) mass is 384 g/mol. The maximum absolute atomic E-state index is 6.31. The first kappa shape index (κ1) is 21.4. The van der Waals surface area contributed by atoms with Crippen molar-refractivity contribution in [3.63, 3.8) is 0 Å². The summed E-state index contributed by atoms with van der Waals surface area (Å²) < 4.78 is 12.4. The number of ether oxygens (including phenoxy) is 1. The van der Waals surface area contributed by atoms with Crippen molar-refractivity contribution in [3.05, 3.63) is 53.3 Å². The van der Waals surface area contributed by atoms with E-state index in [0.29, 0.717) is 13.2 Å². The second-order valence-electron chi connectivity index (χ2n) is 8.38. The Kier molecular flexibility index (Phi) is 7.43. The minimum Gasteiger partial charge on any atom is -0.417 e. The highest BCUT2D eigenvalue weighted by Gasteiger charge is 2.37. The smallest absolute Gasteiger partial charge is 0.191 e. The highest BCUT2D eigenvalue weighted by molar-refractivity contribution is 6.74. The molecular weight excluding hydrogens is 352 g/mol. The van der Waals surface area contributed by atoms with Gasteiger partial charge in [0.05, 0.1) is 12.8 Å². The second kappa shape index (κ2) is 9.36. The molecule has 0 amide bonds. The molecule has 1 N–H and O–H groups in total. The van der Waals surface area contributed by atoms with Gasteiger partial charge >= 0.3 is 0 Å². The number of rotatable bonds is 7. The van der Waals surface area contributed by atoms with E-state index in [4.69, 9.17) is 9.16 Å². The summed E-state index contributed by atoms with van der Waals surface area (Å²) >= 11 is 0. The molecule has 5 heteroatoms. The Labute approximate surface area is 164 Å². The van der Waals surface area contributed by atoms with E-state index in [2.05, 4.69) is 68.0 Å². The lowest BCUT2D eigenvalue weighted by Crippen LogP contribution is -2.41. The first-order valence-corrected chi connectivity index (χ1v) is 12.4. The fraction of sp³-hybridized carbons (Fsp3) is 0.500. The molecule has 1 unspecified atom stereocenters. The van der Waals surface area contributed by atoms with Crippen LogP contribution in [-0.2, 0) is 15.8 Å². The van der Waals surface area contributed by atoms with Crippen molar-refractivity contribution in [2.45, 2.75) is 65.0 Å². The summed E-state index contributed by atoms with van der Waals surface area (Å²) in [5, 5.41) is 7.16. The Morgan fingerprint density at radius 1 is 1.19 bits per heavy atom. The average molecular weight is 385 g/mol. The van der Waals surface area contributed by atoms with Gasteiger partial charge in [0.2, 0.25) is 0 Å². The van der Waals surface area contributed by atoms with E-state index in [1.54, 1.807) is 6.20 Å². The van der Waals surface area contributed by atoms with E-state index < -0.39 is 8.32 Å². The SMILES string of the molecule is Cc1cn[nH]c1C#CC(CCO[Si](C)(C)C(C)(C)C)OCc1ccccc1. The fourth-order valence-electron chi connectivity index (χ4n) is 2.23. The summed E-state index contributed by atoms with van der Waals surface area (Å²) in [5.74, 6) is 6.42. The number of nitrogens with one attached hydrogen (secondary N) is 1. The highest BCUT2D eigenvalue weighted by Crippen LogP contribution is 2.36. The van der Waals surface area contributed by atoms with Crippen LogP contribution in [0.4, 0.5) is 0 Å². The summed E-state index contributed by atoms with van der Waals surface area (Å²) in [5.41, 5.74) is 3.03. The maximum atomic E-state index is 6.31. The Bertz CT molecular complexity index is 767. The fourth-order valence-corrected chi connectivity index (χ4v) is 3.29. The third kappa shape index (κ3) is 6.66. The van der Waals surface area contributed by atoms with Crippen LogP contribution in [0.15, 0.2) is 36.5 Å². The van der Waals surface area contributed by atoms with Crippen LogP contribution in [0.2, 0.25) is 18.1 Å². The van der Waals surface area contributed by atoms with Crippen molar-refractivity contribution < 1.29 is 9.16 Å². The van der Waals surface area contributed by atoms with E-state index in [0.717, 1.165) is 23.2 Å². The molecule has 27 heavy (non-hydrogen) atoms. The third-order valence-electron chi connectivity index (χ3n) is 5.13. The van der Waals surface area contributed by atoms with Crippen LogP contribution in [0.3, 0.4) is 0 Å². The molecule has 1 heterocycles. The molecule has 0 radical (unpaired) electrons. The second-order valence-corrected chi connectivity index (χ2v) is 13.2. The number of hydrogen-bond donors (Lipinski definition) is 1. The number of hydrogen-bond acceptors (Lipinski definition) is 3. The molecule has 2 rings (SSSR count). The number of aromatic amines is 1. The van der Waals surface area contributed by atoms with E-state index in [1.165, 1.54) is 0 Å². The van der Waals surface area contributed by atoms with Gasteiger partial charge in [-0.15, -0.1) is 0 Å². The average Bonchev–Trinajstić information content (AvgIpc) is 3.01. The number of H-pyrrole nitrogens is 1. The maximum Gasteiger partial charge on any atom is 0.191 e. The zero-order valence-corrected chi connectivity index (χ0v) is 18.4. The lowest BCUT2D eigenvalue weighted by Gasteiger charge is -2.36. The van der Waals surface area contributed by atoms with Gasteiger partial charge in [-0.1, -0.05) is 57.0 Å². The van der Waals surface area contributed by atoms with Crippen LogP contribution in [0.5, 0.6) is 0 Å². The molecule has 146 valence electrons. The molecule has 0 aliphatic heterocycles. The third-order valence-corrected chi connectivity index (χ3v) is 9.67. The van der Waals surface area contributed by atoms with E-state index in [1.807, 2.05) is 25.1 Å². The molecule has 0 spiro atoms. The molecule has 0 aliphatic carbocycles. The van der Waals surface area contributed by atoms with Crippen LogP contribution < -0.4 is 0 Å². The van der Waals surface area contributed by atoms with Crippen molar-refractivity contribution in [1.82, 2.24) is 10.2 Å². The number of nitrogens with zero attached hydrogens (tertiary/aromatic N) is 1. The molecular formula is C22H32N2O2Si. The first-order valence-electron chi connectivity index (χ1n) is 9.50. The normalized spacial score (nSPS) is 13.1. The van der Waals surface area contributed by atoms with Gasteiger partial charge in [0.1, 0.15) is 11.8 Å². The molecule has 1 aromatic heterocycles. The standard InChI is InChI=1S/C22H32N2O2Si/c1-18-16-23-24-21(18)13-12-20(25-17-19-10-8-7-9-11-19)14-15-26-27(5,6)22(2,3)4/h7-11,16,20H,14-15,17H2,1-6H3,(H,23,24). The summed E-state index contributed by atoms with van der Waals surface area (Å²) in [7, 11) is -1.76. The minimum absolute atomic E-state index is 0.183. The van der Waals surface area contributed by atoms with Crippen LogP contribution in [0.25, 0.3) is 0 Å². The lowest BCUT2D eigenvalue weighted by atomic mass is 10.2. The predicted molar refractivity (Wildman–Crippen MR) is 113 cm³/mol. The van der Waals surface area contributed by atoms with Crippen molar-refractivity contribution in [2.24, 2.45) is 0 Å². The van der Waals surface area contributed by atoms with E-state index >= 15 is 0 Å². The van der Waals surface area contributed by atoms with Gasteiger partial charge in [-0.2, -0.15) is 5.10 Å². The van der Waals surface area contributed by atoms with Crippen LogP contribution in [0.1, 0.15) is 44.0 Å². The molecule has 0 bridgehead atoms. The molecule has 1 aromatic carbocycles. The molecule has 2 aromatic rings. The largest absolute Gasteiger partial charge is 0.417 e. The van der Waals surface area contributed by atoms with Crippen molar-refractivity contribution >= 4 is 8.32 Å². The molecule has 0 saturated heterocycles. The van der Waals surface area contributed by atoms with Gasteiger partial charge in [-0.3, -0.25) is 5.10 Å². The van der Waals surface area contributed by atoms with Crippen molar-refractivity contribution in [2.75, 3.05) is 6.61 Å². The van der Waals surface area contributed by atoms with E-state index in [9.17, 15) is 0 Å². The summed E-state index contributed by atoms with van der Waals surface area (Å²) in [6.07, 6.45) is 2.35. The van der Waals surface area contributed by atoms with Gasteiger partial charge in [-0.05, 0) is 36.5 Å². The number of aryl methyl sites for hydroxylation is 1. The Morgan fingerprint density at radius 3 is 2.48 bits per heavy atom. The first-order chi connectivity index (χ1) is 12.7. The Morgan fingerprint density at radius 2 is 1.89 bits per heavy atom. The van der Waals surface area contributed by atoms with E-state index in [-0.39, 0.29) is 11.1 Å². The molecule has 0 fully saturated rings. The van der Waals surface area contributed by atoms with Gasteiger partial charge < -0.3 is 9.16 Å². The topological polar surface area (TPSA) is 47.1 Å². The van der Waals surface area contributed by atoms with Gasteiger partial charge in [0, 0.05) is 18.6 Å². The molecule has 0 aliphatic rings. The van der Waals surface area contributed by atoms with Crippen molar-refractivity contribution in [1.29, 1.82) is 0 Å². The van der Waals surface area contributed by atoms with Gasteiger partial charge in [-0.25, -0.2) is 0 Å². The van der Waals surface area contributed by atoms with Crippen LogP contribution >= 0.6 is 0 Å². The Hall–Kier alpha value is -1.87. The molecule has 4 nitrogen and oxygen atoms in total. The lowest BCUT2D eigenvalue weighted by molar-refractivity contribution is 0.0614. The van der Waals surface area contributed by atoms with Gasteiger partial charge in [0.15, 0.2) is 8.32 Å². The zero-order chi connectivity index (χ0) is 19.9. The van der Waals surface area contributed by atoms with Crippen molar-refractivity contribution in [3.8, 4) is 11.8 Å². The quantitative estimate of drug-likeness (QED) is 0.536. The summed E-state index contributed by atoms with van der Waals surface area (Å²) in [6, 6.07) is 10.2. The molecule has 0 saturated carbocycles. The number of benzene rings is 1. The summed E-state index contributed by atoms with van der Waals surface area (Å²) in [4.78, 5) is 0. The predicted octanol–water partition coefficient (Wildman–Crippen LogP) is 5.07. The zero-order valence-electron chi connectivity index (χ0n) is 17.4. The molecule has 1 atom stereocenters. The number of aromatic nitrogens is 2. The summed E-state index contributed by atoms with van der Waals surface area (Å²) in [6.45, 7) is 14.5. The van der Waals surface area contributed by atoms with Crippen LogP contribution in [0, 0.1) is 18.8 Å². The van der Waals surface area contributed by atoms with Gasteiger partial charge in [0.25, 0.3) is 0 Å². The van der Waals surface area contributed by atoms with Crippen LogP contribution in [-0.4, -0.2) is 31.2 Å².